The first-order valence-corrected chi connectivity index (χ1v) is 5.61. The van der Waals surface area contributed by atoms with Crippen molar-refractivity contribution in [2.75, 3.05) is 26.7 Å². The molecule has 1 rings (SSSR count). The Kier molecular flexibility index (Phi) is 7.06. The van der Waals surface area contributed by atoms with Crippen molar-refractivity contribution < 1.29 is 27.8 Å². The van der Waals surface area contributed by atoms with Crippen molar-refractivity contribution in [2.45, 2.75) is 30.7 Å². The Labute approximate surface area is 115 Å². The Morgan fingerprint density at radius 3 is 2.42 bits per heavy atom. The monoisotopic (exact) mass is 306 g/mol. The predicted molar refractivity (Wildman–Crippen MR) is 64.2 cm³/mol. The third-order valence-electron chi connectivity index (χ3n) is 3.05. The molecular weight excluding hydrogens is 289 g/mol. The lowest BCUT2D eigenvalue weighted by Crippen LogP contribution is -2.55. The fraction of sp³-hybridized carbons (Fsp3) is 0.900. The van der Waals surface area contributed by atoms with E-state index in [-0.39, 0.29) is 12.4 Å². The highest BCUT2D eigenvalue weighted by Gasteiger charge is 2.42. The van der Waals surface area contributed by atoms with Gasteiger partial charge < -0.3 is 20.5 Å². The van der Waals surface area contributed by atoms with Crippen LogP contribution in [0.3, 0.4) is 0 Å². The number of hydrogen-bond donors (Lipinski definition) is 3. The van der Waals surface area contributed by atoms with E-state index in [1.54, 1.807) is 0 Å². The molecule has 5 nitrogen and oxygen atoms in total. The number of alkyl halides is 3. The molecule has 0 aromatic carbocycles. The van der Waals surface area contributed by atoms with E-state index in [0.717, 1.165) is 0 Å². The standard InChI is InChI=1S/C10H17F3N2O3.ClH/c1-18-9(2-4-14-5-3-9)8(17)15-6-7(16)10(11,12)13;/h7,14,16H,2-6H2,1H3,(H,15,17);1H. The number of amides is 1. The second kappa shape index (κ2) is 7.28. The summed E-state index contributed by atoms with van der Waals surface area (Å²) in [5.41, 5.74) is -1.10. The summed E-state index contributed by atoms with van der Waals surface area (Å²) in [5, 5.41) is 13.9. The van der Waals surface area contributed by atoms with Gasteiger partial charge in [0.05, 0.1) is 6.54 Å². The fourth-order valence-corrected chi connectivity index (χ4v) is 1.82. The van der Waals surface area contributed by atoms with Crippen LogP contribution in [0, 0.1) is 0 Å². The summed E-state index contributed by atoms with van der Waals surface area (Å²) in [6.45, 7) is 0.257. The van der Waals surface area contributed by atoms with Gasteiger partial charge in [-0.2, -0.15) is 13.2 Å². The van der Waals surface area contributed by atoms with E-state index in [2.05, 4.69) is 10.6 Å². The Morgan fingerprint density at radius 2 is 2.00 bits per heavy atom. The minimum absolute atomic E-state index is 0. The third kappa shape index (κ3) is 4.79. The molecule has 114 valence electrons. The zero-order chi connectivity index (χ0) is 13.8. The summed E-state index contributed by atoms with van der Waals surface area (Å²) in [5.74, 6) is -0.616. The zero-order valence-electron chi connectivity index (χ0n) is 10.4. The Hall–Kier alpha value is -0.570. The van der Waals surface area contributed by atoms with Gasteiger partial charge in [0, 0.05) is 7.11 Å². The quantitative estimate of drug-likeness (QED) is 0.695. The SMILES string of the molecule is COC1(C(=O)NCC(O)C(F)(F)F)CCNCC1.Cl. The number of methoxy groups -OCH3 is 1. The molecule has 0 aromatic heterocycles. The number of carbonyl (C=O) groups excluding carboxylic acids is 1. The second-order valence-corrected chi connectivity index (χ2v) is 4.22. The van der Waals surface area contributed by atoms with Crippen LogP contribution in [0.1, 0.15) is 12.8 Å². The molecule has 1 fully saturated rings. The molecule has 0 bridgehead atoms. The van der Waals surface area contributed by atoms with E-state index in [4.69, 9.17) is 9.84 Å². The van der Waals surface area contributed by atoms with Crippen LogP contribution in [-0.4, -0.2) is 55.6 Å². The number of aliphatic hydroxyl groups is 1. The van der Waals surface area contributed by atoms with E-state index in [0.29, 0.717) is 25.9 Å². The molecule has 19 heavy (non-hydrogen) atoms. The van der Waals surface area contributed by atoms with E-state index < -0.39 is 30.3 Å². The minimum atomic E-state index is -4.73. The van der Waals surface area contributed by atoms with Gasteiger partial charge in [0.1, 0.15) is 5.60 Å². The Balaban J connectivity index is 0.00000324. The molecule has 3 N–H and O–H groups in total. The first-order valence-electron chi connectivity index (χ1n) is 5.61. The van der Waals surface area contributed by atoms with Crippen LogP contribution in [0.2, 0.25) is 0 Å². The van der Waals surface area contributed by atoms with Crippen LogP contribution in [0.4, 0.5) is 13.2 Å². The van der Waals surface area contributed by atoms with Crippen molar-refractivity contribution in [3.63, 3.8) is 0 Å². The van der Waals surface area contributed by atoms with Crippen LogP contribution in [0.5, 0.6) is 0 Å². The average Bonchev–Trinajstić information content (AvgIpc) is 2.35. The first-order chi connectivity index (χ1) is 8.32. The minimum Gasteiger partial charge on any atom is -0.382 e. The van der Waals surface area contributed by atoms with Gasteiger partial charge in [-0.1, -0.05) is 0 Å². The van der Waals surface area contributed by atoms with E-state index in [1.165, 1.54) is 7.11 Å². The highest BCUT2D eigenvalue weighted by atomic mass is 35.5. The van der Waals surface area contributed by atoms with Crippen LogP contribution in [-0.2, 0) is 9.53 Å². The van der Waals surface area contributed by atoms with Gasteiger partial charge in [0.15, 0.2) is 6.10 Å². The Morgan fingerprint density at radius 1 is 1.47 bits per heavy atom. The third-order valence-corrected chi connectivity index (χ3v) is 3.05. The average molecular weight is 307 g/mol. The summed E-state index contributed by atoms with van der Waals surface area (Å²) in [7, 11) is 1.35. The van der Waals surface area contributed by atoms with E-state index in [1.807, 2.05) is 0 Å². The molecule has 1 unspecified atom stereocenters. The number of ether oxygens (including phenoxy) is 1. The molecular formula is C10H18ClF3N2O3. The molecule has 1 aliphatic heterocycles. The van der Waals surface area contributed by atoms with Gasteiger partial charge in [-0.05, 0) is 25.9 Å². The van der Waals surface area contributed by atoms with Crippen molar-refractivity contribution in [1.29, 1.82) is 0 Å². The number of nitrogens with one attached hydrogen (secondary N) is 2. The van der Waals surface area contributed by atoms with Crippen LogP contribution in [0.15, 0.2) is 0 Å². The van der Waals surface area contributed by atoms with E-state index in [9.17, 15) is 18.0 Å². The molecule has 1 amide bonds. The first kappa shape index (κ1) is 18.4. The molecule has 0 radical (unpaired) electrons. The van der Waals surface area contributed by atoms with Crippen molar-refractivity contribution >= 4 is 18.3 Å². The molecule has 0 spiro atoms. The maximum Gasteiger partial charge on any atom is 0.416 e. The maximum absolute atomic E-state index is 12.1. The second-order valence-electron chi connectivity index (χ2n) is 4.22. The highest BCUT2D eigenvalue weighted by Crippen LogP contribution is 2.23. The molecule has 1 atom stereocenters. The van der Waals surface area contributed by atoms with Crippen LogP contribution >= 0.6 is 12.4 Å². The van der Waals surface area contributed by atoms with Gasteiger partial charge in [0.25, 0.3) is 5.91 Å². The number of halogens is 4. The summed E-state index contributed by atoms with van der Waals surface area (Å²) < 4.78 is 41.4. The zero-order valence-corrected chi connectivity index (χ0v) is 11.2. The van der Waals surface area contributed by atoms with E-state index >= 15 is 0 Å². The van der Waals surface area contributed by atoms with Gasteiger partial charge in [0.2, 0.25) is 0 Å². The molecule has 0 saturated carbocycles. The molecule has 0 aliphatic carbocycles. The smallest absolute Gasteiger partial charge is 0.382 e. The highest BCUT2D eigenvalue weighted by molar-refractivity contribution is 5.85. The maximum atomic E-state index is 12.1. The molecule has 9 heteroatoms. The lowest BCUT2D eigenvalue weighted by atomic mass is 9.91. The Bertz CT molecular complexity index is 296. The number of hydrogen-bond acceptors (Lipinski definition) is 4. The number of carbonyl (C=O) groups is 1. The largest absolute Gasteiger partial charge is 0.416 e. The topological polar surface area (TPSA) is 70.6 Å². The normalized spacial score (nSPS) is 20.3. The summed E-state index contributed by atoms with van der Waals surface area (Å²) in [6.07, 6.45) is -6.52. The predicted octanol–water partition coefficient (Wildman–Crippen LogP) is 0.216. The molecule has 1 saturated heterocycles. The molecule has 1 aliphatic rings. The van der Waals surface area contributed by atoms with Gasteiger partial charge >= 0.3 is 6.18 Å². The van der Waals surface area contributed by atoms with Crippen molar-refractivity contribution in [2.24, 2.45) is 0 Å². The van der Waals surface area contributed by atoms with Crippen LogP contribution < -0.4 is 10.6 Å². The lowest BCUT2D eigenvalue weighted by molar-refractivity contribution is -0.202. The van der Waals surface area contributed by atoms with Gasteiger partial charge in [-0.3, -0.25) is 4.79 Å². The molecule has 1 heterocycles. The van der Waals surface area contributed by atoms with Gasteiger partial charge in [-0.25, -0.2) is 0 Å². The number of piperidine rings is 1. The van der Waals surface area contributed by atoms with Crippen molar-refractivity contribution in [1.82, 2.24) is 10.6 Å². The molecule has 0 aromatic rings. The summed E-state index contributed by atoms with van der Waals surface area (Å²) >= 11 is 0. The van der Waals surface area contributed by atoms with Gasteiger partial charge in [-0.15, -0.1) is 12.4 Å². The number of rotatable bonds is 4. The van der Waals surface area contributed by atoms with Crippen LogP contribution in [0.25, 0.3) is 0 Å². The van der Waals surface area contributed by atoms with Crippen molar-refractivity contribution in [3.8, 4) is 0 Å². The lowest BCUT2D eigenvalue weighted by Gasteiger charge is -2.35. The fourth-order valence-electron chi connectivity index (χ4n) is 1.82. The number of aliphatic hydroxyl groups excluding tert-OH is 1. The summed E-state index contributed by atoms with van der Waals surface area (Å²) in [4.78, 5) is 11.8. The van der Waals surface area contributed by atoms with Crippen molar-refractivity contribution in [3.05, 3.63) is 0 Å². The summed E-state index contributed by atoms with van der Waals surface area (Å²) in [6, 6.07) is 0.